The molecule has 102 valence electrons. The molecule has 2 heteroatoms. The molecule has 1 aliphatic heterocycles. The van der Waals surface area contributed by atoms with Crippen LogP contribution in [0.5, 0.6) is 0 Å². The minimum Gasteiger partial charge on any atom is -0.322 e. The average Bonchev–Trinajstić information content (AvgIpc) is 3.10. The molecule has 1 saturated heterocycles. The van der Waals surface area contributed by atoms with Crippen LogP contribution in [0.1, 0.15) is 48.7 Å². The topological polar surface area (TPSA) is 18.5 Å². The molecule has 1 heterocycles. The van der Waals surface area contributed by atoms with Gasteiger partial charge in [-0.05, 0) is 67.9 Å². The van der Waals surface area contributed by atoms with E-state index in [-0.39, 0.29) is 6.29 Å². The lowest BCUT2D eigenvalue weighted by atomic mass is 9.68. The summed E-state index contributed by atoms with van der Waals surface area (Å²) in [6.07, 6.45) is 6.97. The van der Waals surface area contributed by atoms with Crippen molar-refractivity contribution < 1.29 is 9.47 Å². The van der Waals surface area contributed by atoms with Crippen molar-refractivity contribution in [2.24, 2.45) is 17.8 Å². The third-order valence-electron chi connectivity index (χ3n) is 5.27. The zero-order valence-electron chi connectivity index (χ0n) is 11.6. The first kappa shape index (κ1) is 11.9. The van der Waals surface area contributed by atoms with E-state index in [1.807, 2.05) is 0 Å². The highest BCUT2D eigenvalue weighted by Crippen LogP contribution is 2.51. The largest absolute Gasteiger partial charge is 0.322 e. The van der Waals surface area contributed by atoms with Crippen LogP contribution in [0.15, 0.2) is 18.2 Å². The number of benzene rings is 1. The maximum Gasteiger partial charge on any atom is 0.189 e. The first-order valence-electron chi connectivity index (χ1n) is 7.64. The standard InChI is InChI=1S/C17H22O2/c1-11-3-2-4-14(16(11)17-18-10-19-17)9-13-7-8-15(13)12-5-6-12/h2-4,12-13,15,17H,5-10H2,1H3. The number of hydrogen-bond acceptors (Lipinski definition) is 2. The van der Waals surface area contributed by atoms with Crippen LogP contribution in [-0.2, 0) is 15.9 Å². The highest BCUT2D eigenvalue weighted by molar-refractivity contribution is 5.36. The van der Waals surface area contributed by atoms with E-state index in [0.717, 1.165) is 17.8 Å². The van der Waals surface area contributed by atoms with Crippen LogP contribution in [0.3, 0.4) is 0 Å². The Labute approximate surface area is 115 Å². The molecule has 0 radical (unpaired) electrons. The highest BCUT2D eigenvalue weighted by atomic mass is 16.8. The minimum atomic E-state index is -0.101. The van der Waals surface area contributed by atoms with E-state index in [1.54, 1.807) is 0 Å². The van der Waals surface area contributed by atoms with Gasteiger partial charge in [-0.1, -0.05) is 18.2 Å². The Kier molecular flexibility index (Phi) is 2.89. The van der Waals surface area contributed by atoms with E-state index in [0.29, 0.717) is 6.79 Å². The van der Waals surface area contributed by atoms with Crippen molar-refractivity contribution in [3.8, 4) is 0 Å². The Hall–Kier alpha value is -0.860. The molecular weight excluding hydrogens is 236 g/mol. The lowest BCUT2D eigenvalue weighted by Crippen LogP contribution is -2.31. The second-order valence-electron chi connectivity index (χ2n) is 6.47. The summed E-state index contributed by atoms with van der Waals surface area (Å²) < 4.78 is 11.1. The van der Waals surface area contributed by atoms with E-state index < -0.39 is 0 Å². The summed E-state index contributed by atoms with van der Waals surface area (Å²) in [5.74, 6) is 2.98. The molecule has 1 aromatic rings. The van der Waals surface area contributed by atoms with Gasteiger partial charge in [0.25, 0.3) is 0 Å². The maximum atomic E-state index is 5.54. The summed E-state index contributed by atoms with van der Waals surface area (Å²) in [5.41, 5.74) is 4.07. The quantitative estimate of drug-likeness (QED) is 0.813. The van der Waals surface area contributed by atoms with Crippen molar-refractivity contribution in [2.75, 3.05) is 6.79 Å². The minimum absolute atomic E-state index is 0.101. The third-order valence-corrected chi connectivity index (χ3v) is 5.27. The summed E-state index contributed by atoms with van der Waals surface area (Å²) in [6, 6.07) is 6.62. The molecule has 0 amide bonds. The smallest absolute Gasteiger partial charge is 0.189 e. The van der Waals surface area contributed by atoms with E-state index in [1.165, 1.54) is 48.8 Å². The fourth-order valence-corrected chi connectivity index (χ4v) is 3.84. The average molecular weight is 258 g/mol. The van der Waals surface area contributed by atoms with Crippen molar-refractivity contribution in [3.63, 3.8) is 0 Å². The van der Waals surface area contributed by atoms with Crippen molar-refractivity contribution in [1.29, 1.82) is 0 Å². The number of hydrogen-bond donors (Lipinski definition) is 0. The molecule has 3 aliphatic rings. The lowest BCUT2D eigenvalue weighted by Gasteiger charge is -2.38. The van der Waals surface area contributed by atoms with Crippen LogP contribution < -0.4 is 0 Å². The lowest BCUT2D eigenvalue weighted by molar-refractivity contribution is -0.327. The molecule has 0 N–H and O–H groups in total. The Morgan fingerprint density at radius 1 is 1.11 bits per heavy atom. The zero-order chi connectivity index (χ0) is 12.8. The third kappa shape index (κ3) is 2.11. The molecule has 3 fully saturated rings. The van der Waals surface area contributed by atoms with Gasteiger partial charge in [-0.2, -0.15) is 0 Å². The second kappa shape index (κ2) is 4.60. The van der Waals surface area contributed by atoms with Crippen molar-refractivity contribution >= 4 is 0 Å². The Balaban J connectivity index is 1.55. The predicted molar refractivity (Wildman–Crippen MR) is 73.6 cm³/mol. The predicted octanol–water partition coefficient (Wildman–Crippen LogP) is 3.98. The van der Waals surface area contributed by atoms with Crippen LogP contribution in [0.4, 0.5) is 0 Å². The molecule has 0 aromatic heterocycles. The monoisotopic (exact) mass is 258 g/mol. The molecule has 4 rings (SSSR count). The molecular formula is C17H22O2. The molecule has 2 aliphatic carbocycles. The molecule has 1 aromatic carbocycles. The zero-order valence-corrected chi connectivity index (χ0v) is 11.6. The summed E-state index contributed by atoms with van der Waals surface area (Å²) >= 11 is 0. The molecule has 2 nitrogen and oxygen atoms in total. The SMILES string of the molecule is Cc1cccc(CC2CCC2C2CC2)c1C1OCO1. The summed E-state index contributed by atoms with van der Waals surface area (Å²) in [5, 5.41) is 0. The van der Waals surface area contributed by atoms with Crippen LogP contribution in [0.25, 0.3) is 0 Å². The first-order valence-corrected chi connectivity index (χ1v) is 7.64. The molecule has 2 atom stereocenters. The first-order chi connectivity index (χ1) is 9.33. The molecule has 0 bridgehead atoms. The van der Waals surface area contributed by atoms with Crippen LogP contribution in [-0.4, -0.2) is 6.79 Å². The van der Waals surface area contributed by atoms with E-state index in [2.05, 4.69) is 25.1 Å². The number of rotatable bonds is 4. The van der Waals surface area contributed by atoms with Gasteiger partial charge in [0.05, 0.1) is 0 Å². The van der Waals surface area contributed by atoms with Crippen molar-refractivity contribution in [1.82, 2.24) is 0 Å². The van der Waals surface area contributed by atoms with Crippen molar-refractivity contribution in [3.05, 3.63) is 34.9 Å². The summed E-state index contributed by atoms with van der Waals surface area (Å²) in [4.78, 5) is 0. The van der Waals surface area contributed by atoms with Gasteiger partial charge >= 0.3 is 0 Å². The number of ether oxygens (including phenoxy) is 2. The fraction of sp³-hybridized carbons (Fsp3) is 0.647. The van der Waals surface area contributed by atoms with E-state index in [9.17, 15) is 0 Å². The molecule has 0 spiro atoms. The van der Waals surface area contributed by atoms with Crippen LogP contribution >= 0.6 is 0 Å². The summed E-state index contributed by atoms with van der Waals surface area (Å²) in [7, 11) is 0. The van der Waals surface area contributed by atoms with E-state index in [4.69, 9.17) is 9.47 Å². The van der Waals surface area contributed by atoms with Gasteiger partial charge in [0.1, 0.15) is 0 Å². The molecule has 2 unspecified atom stereocenters. The van der Waals surface area contributed by atoms with Crippen molar-refractivity contribution in [2.45, 2.75) is 45.3 Å². The van der Waals surface area contributed by atoms with Gasteiger partial charge in [-0.3, -0.25) is 0 Å². The van der Waals surface area contributed by atoms with Crippen LogP contribution in [0.2, 0.25) is 0 Å². The van der Waals surface area contributed by atoms with Gasteiger partial charge in [0, 0.05) is 5.56 Å². The Morgan fingerprint density at radius 3 is 2.53 bits per heavy atom. The van der Waals surface area contributed by atoms with E-state index >= 15 is 0 Å². The Bertz CT molecular complexity index is 474. The molecule has 2 saturated carbocycles. The van der Waals surface area contributed by atoms with Gasteiger partial charge < -0.3 is 9.47 Å². The molecule has 19 heavy (non-hydrogen) atoms. The van der Waals surface area contributed by atoms with Gasteiger partial charge in [-0.25, -0.2) is 0 Å². The normalized spacial score (nSPS) is 30.8. The van der Waals surface area contributed by atoms with Gasteiger partial charge in [0.2, 0.25) is 0 Å². The Morgan fingerprint density at radius 2 is 1.95 bits per heavy atom. The highest BCUT2D eigenvalue weighted by Gasteiger charge is 2.42. The van der Waals surface area contributed by atoms with Crippen LogP contribution in [0, 0.1) is 24.7 Å². The van der Waals surface area contributed by atoms with Gasteiger partial charge in [0.15, 0.2) is 13.1 Å². The maximum absolute atomic E-state index is 5.54. The van der Waals surface area contributed by atoms with Gasteiger partial charge in [-0.15, -0.1) is 0 Å². The number of aryl methyl sites for hydroxylation is 1. The summed E-state index contributed by atoms with van der Waals surface area (Å²) in [6.45, 7) is 2.62. The fourth-order valence-electron chi connectivity index (χ4n) is 3.84. The second-order valence-corrected chi connectivity index (χ2v) is 6.47.